The molecule has 0 atom stereocenters. The van der Waals surface area contributed by atoms with Crippen molar-refractivity contribution in [3.05, 3.63) is 59.9 Å². The van der Waals surface area contributed by atoms with Crippen molar-refractivity contribution in [2.24, 2.45) is 0 Å². The minimum absolute atomic E-state index is 0.0138. The summed E-state index contributed by atoms with van der Waals surface area (Å²) in [6.45, 7) is 6.09. The first-order chi connectivity index (χ1) is 11.8. The summed E-state index contributed by atoms with van der Waals surface area (Å²) in [4.78, 5) is 16.2. The minimum atomic E-state index is -1.02. The first-order valence-corrected chi connectivity index (χ1v) is 7.89. The van der Waals surface area contributed by atoms with Gasteiger partial charge in [-0.25, -0.2) is 19.1 Å². The zero-order valence-corrected chi connectivity index (χ0v) is 14.3. The Hall–Kier alpha value is -2.76. The van der Waals surface area contributed by atoms with Crippen molar-refractivity contribution >= 4 is 22.6 Å². The van der Waals surface area contributed by atoms with Gasteiger partial charge < -0.3 is 4.57 Å². The summed E-state index contributed by atoms with van der Waals surface area (Å²) >= 11 is 0. The predicted octanol–water partition coefficient (Wildman–Crippen LogP) is 4.07. The third-order valence-electron chi connectivity index (χ3n) is 3.96. The number of hydrogen-bond acceptors (Lipinski definition) is 2. The Morgan fingerprint density at radius 1 is 1.12 bits per heavy atom. The van der Waals surface area contributed by atoms with Crippen LogP contribution in [-0.4, -0.2) is 15.5 Å². The Kier molecular flexibility index (Phi) is 4.29. The Balaban J connectivity index is 1.76. The summed E-state index contributed by atoms with van der Waals surface area (Å²) in [6.07, 6.45) is 1.31. The number of aromatic nitrogens is 2. The van der Waals surface area contributed by atoms with Crippen LogP contribution in [0.4, 0.5) is 14.5 Å². The van der Waals surface area contributed by atoms with E-state index in [-0.39, 0.29) is 17.5 Å². The highest BCUT2D eigenvalue weighted by Crippen LogP contribution is 2.24. The second-order valence-electron chi connectivity index (χ2n) is 6.90. The first kappa shape index (κ1) is 17.1. The van der Waals surface area contributed by atoms with Crippen molar-refractivity contribution in [1.82, 2.24) is 14.9 Å². The van der Waals surface area contributed by atoms with Gasteiger partial charge in [-0.1, -0.05) is 32.9 Å². The van der Waals surface area contributed by atoms with Crippen molar-refractivity contribution in [3.8, 4) is 0 Å². The van der Waals surface area contributed by atoms with E-state index in [4.69, 9.17) is 0 Å². The number of benzene rings is 2. The highest BCUT2D eigenvalue weighted by atomic mass is 19.2. The van der Waals surface area contributed by atoms with Gasteiger partial charge in [-0.15, -0.1) is 0 Å². The fourth-order valence-electron chi connectivity index (χ4n) is 2.58. The van der Waals surface area contributed by atoms with Crippen LogP contribution >= 0.6 is 0 Å². The molecule has 1 radical (unpaired) electrons. The van der Waals surface area contributed by atoms with Gasteiger partial charge >= 0.3 is 0 Å². The average Bonchev–Trinajstić information content (AvgIpc) is 2.94. The Morgan fingerprint density at radius 3 is 2.44 bits per heavy atom. The molecule has 0 aliphatic heterocycles. The molecular weight excluding hydrogens is 324 g/mol. The minimum Gasteiger partial charge on any atom is -0.318 e. The van der Waals surface area contributed by atoms with Gasteiger partial charge in [-0.2, -0.15) is 0 Å². The Labute approximate surface area is 144 Å². The van der Waals surface area contributed by atoms with Crippen molar-refractivity contribution in [2.45, 2.75) is 32.7 Å². The lowest BCUT2D eigenvalue weighted by Gasteiger charge is -2.18. The first-order valence-electron chi connectivity index (χ1n) is 7.89. The molecule has 0 fully saturated rings. The normalized spacial score (nSPS) is 11.7. The van der Waals surface area contributed by atoms with Gasteiger partial charge in [0.05, 0.1) is 17.5 Å². The molecule has 129 valence electrons. The van der Waals surface area contributed by atoms with Gasteiger partial charge in [0.1, 0.15) is 12.1 Å². The molecule has 0 aliphatic carbocycles. The van der Waals surface area contributed by atoms with E-state index in [9.17, 15) is 13.6 Å². The predicted molar refractivity (Wildman–Crippen MR) is 91.6 cm³/mol. The smallest absolute Gasteiger partial charge is 0.266 e. The van der Waals surface area contributed by atoms with Crippen LogP contribution in [-0.2, 0) is 16.8 Å². The van der Waals surface area contributed by atoms with Crippen LogP contribution in [0.2, 0.25) is 0 Å². The van der Waals surface area contributed by atoms with Gasteiger partial charge in [0.25, 0.3) is 5.91 Å². The van der Waals surface area contributed by atoms with Gasteiger partial charge in [-0.3, -0.25) is 4.79 Å². The molecule has 0 bridgehead atoms. The maximum Gasteiger partial charge on any atom is 0.266 e. The summed E-state index contributed by atoms with van der Waals surface area (Å²) in [5.74, 6) is -2.46. The maximum atomic E-state index is 13.9. The highest BCUT2D eigenvalue weighted by molar-refractivity contribution is 5.83. The van der Waals surface area contributed by atoms with Crippen LogP contribution < -0.4 is 5.32 Å². The molecule has 0 spiro atoms. The van der Waals surface area contributed by atoms with Crippen LogP contribution in [0.25, 0.3) is 11.0 Å². The van der Waals surface area contributed by atoms with E-state index < -0.39 is 17.5 Å². The topological polar surface area (TPSA) is 49.0 Å². The number of carbonyl (C=O) groups excluding carboxylic acids is 1. The van der Waals surface area contributed by atoms with Crippen LogP contribution in [0.5, 0.6) is 0 Å². The van der Waals surface area contributed by atoms with Crippen LogP contribution in [0.3, 0.4) is 0 Å². The molecule has 6 heteroatoms. The standard InChI is InChI=1S/C19H18F2N3O/c1-19(2,3)12-4-6-13(7-5-12)23-16(25)10-24-11-22-15-9-8-14(20)17(21)18(15)24/h4-9,11H,10H2,1-3H3. The number of fused-ring (bicyclic) bond motifs is 1. The van der Waals surface area contributed by atoms with Gasteiger partial charge in [0, 0.05) is 0 Å². The molecule has 1 aromatic heterocycles. The Morgan fingerprint density at radius 2 is 1.80 bits per heavy atom. The van der Waals surface area contributed by atoms with Gasteiger partial charge in [0.15, 0.2) is 11.6 Å². The van der Waals surface area contributed by atoms with E-state index in [0.29, 0.717) is 11.2 Å². The van der Waals surface area contributed by atoms with Gasteiger partial charge in [-0.05, 0) is 35.2 Å². The molecule has 25 heavy (non-hydrogen) atoms. The number of amides is 1. The molecule has 0 saturated carbocycles. The van der Waals surface area contributed by atoms with Crippen LogP contribution in [0.1, 0.15) is 26.3 Å². The van der Waals surface area contributed by atoms with E-state index in [1.165, 1.54) is 17.0 Å². The third-order valence-corrected chi connectivity index (χ3v) is 3.96. The van der Waals surface area contributed by atoms with Gasteiger partial charge in [0.2, 0.25) is 0 Å². The lowest BCUT2D eigenvalue weighted by Crippen LogP contribution is -2.18. The molecule has 3 rings (SSSR count). The number of carbonyl (C=O) groups is 1. The molecule has 1 amide bonds. The zero-order valence-electron chi connectivity index (χ0n) is 14.3. The average molecular weight is 342 g/mol. The van der Waals surface area contributed by atoms with Crippen molar-refractivity contribution in [1.29, 1.82) is 0 Å². The molecule has 0 unspecified atom stereocenters. The van der Waals surface area contributed by atoms with Crippen LogP contribution in [0.15, 0.2) is 42.7 Å². The fraction of sp³-hybridized carbons (Fsp3) is 0.263. The number of halogens is 2. The van der Waals surface area contributed by atoms with Crippen molar-refractivity contribution < 1.29 is 13.6 Å². The summed E-state index contributed by atoms with van der Waals surface area (Å²) in [5.41, 5.74) is 1.93. The van der Waals surface area contributed by atoms with Crippen LogP contribution in [0, 0.1) is 11.6 Å². The lowest BCUT2D eigenvalue weighted by molar-refractivity contribution is -0.120. The van der Waals surface area contributed by atoms with E-state index in [1.54, 1.807) is 12.1 Å². The monoisotopic (exact) mass is 342 g/mol. The largest absolute Gasteiger partial charge is 0.318 e. The lowest BCUT2D eigenvalue weighted by atomic mass is 9.87. The number of imidazole rings is 1. The molecule has 3 aromatic rings. The van der Waals surface area contributed by atoms with E-state index in [2.05, 4.69) is 31.1 Å². The molecule has 1 heterocycles. The summed E-state index contributed by atoms with van der Waals surface area (Å²) in [6, 6.07) is 9.77. The van der Waals surface area contributed by atoms with E-state index in [0.717, 1.165) is 11.6 Å². The SMILES string of the molecule is CC(C)(C)c1ccc([N]C(=O)Cn2cnc3ccc(F)c(F)c32)cc1. The molecular formula is C19H18F2N3O. The highest BCUT2D eigenvalue weighted by Gasteiger charge is 2.16. The maximum absolute atomic E-state index is 13.9. The summed E-state index contributed by atoms with van der Waals surface area (Å²) in [7, 11) is 0. The molecule has 0 N–H and O–H groups in total. The molecule has 0 aliphatic rings. The Bertz CT molecular complexity index is 924. The molecule has 2 aromatic carbocycles. The van der Waals surface area contributed by atoms with E-state index in [1.807, 2.05) is 12.1 Å². The van der Waals surface area contributed by atoms with Crippen molar-refractivity contribution in [2.75, 3.05) is 0 Å². The molecule has 0 saturated heterocycles. The quantitative estimate of drug-likeness (QED) is 0.720. The third kappa shape index (κ3) is 3.52. The fourth-order valence-corrected chi connectivity index (χ4v) is 2.58. The number of hydrogen-bond donors (Lipinski definition) is 0. The summed E-state index contributed by atoms with van der Waals surface area (Å²) in [5, 5.41) is 4.01. The molecule has 4 nitrogen and oxygen atoms in total. The summed E-state index contributed by atoms with van der Waals surface area (Å²) < 4.78 is 28.6. The number of rotatable bonds is 3. The van der Waals surface area contributed by atoms with Crippen molar-refractivity contribution in [3.63, 3.8) is 0 Å². The zero-order chi connectivity index (χ0) is 18.2. The number of nitrogens with zero attached hydrogens (tertiary/aromatic N) is 3. The van der Waals surface area contributed by atoms with E-state index >= 15 is 0 Å². The second-order valence-corrected chi connectivity index (χ2v) is 6.90. The second kappa shape index (κ2) is 6.27.